The number of halogens is 3. The van der Waals surface area contributed by atoms with Gasteiger partial charge in [-0.3, -0.25) is 0 Å². The Kier molecular flexibility index (Phi) is 2.25. The summed E-state index contributed by atoms with van der Waals surface area (Å²) in [5.74, 6) is 0.522. The zero-order chi connectivity index (χ0) is 10.2. The summed E-state index contributed by atoms with van der Waals surface area (Å²) in [5.41, 5.74) is -0.917. The van der Waals surface area contributed by atoms with Crippen LogP contribution in [-0.2, 0) is 6.18 Å². The molecule has 0 atom stereocenters. The van der Waals surface area contributed by atoms with E-state index < -0.39 is 11.9 Å². The standard InChI is InChI=1S/C9H10F3NO/c10-9(11,12)8-5-7(14-13-8)6-3-1-2-4-6/h5-6H,1-4H2. The summed E-state index contributed by atoms with van der Waals surface area (Å²) in [6.45, 7) is 0. The maximum absolute atomic E-state index is 12.2. The minimum absolute atomic E-state index is 0.138. The Bertz CT molecular complexity index is 312. The number of aromatic nitrogens is 1. The number of hydrogen-bond donors (Lipinski definition) is 0. The monoisotopic (exact) mass is 205 g/mol. The zero-order valence-corrected chi connectivity index (χ0v) is 7.47. The van der Waals surface area contributed by atoms with E-state index in [4.69, 9.17) is 4.52 Å². The van der Waals surface area contributed by atoms with Crippen LogP contribution in [-0.4, -0.2) is 5.16 Å². The molecule has 78 valence electrons. The van der Waals surface area contributed by atoms with Crippen LogP contribution in [0, 0.1) is 0 Å². The lowest BCUT2D eigenvalue weighted by Gasteiger charge is -2.01. The molecule has 5 heteroatoms. The van der Waals surface area contributed by atoms with Crippen molar-refractivity contribution < 1.29 is 17.7 Å². The second-order valence-electron chi connectivity index (χ2n) is 3.59. The van der Waals surface area contributed by atoms with Crippen LogP contribution >= 0.6 is 0 Å². The molecule has 1 aliphatic rings. The molecule has 0 amide bonds. The zero-order valence-electron chi connectivity index (χ0n) is 7.47. The first-order valence-corrected chi connectivity index (χ1v) is 4.61. The number of alkyl halides is 3. The number of hydrogen-bond acceptors (Lipinski definition) is 2. The summed E-state index contributed by atoms with van der Waals surface area (Å²) in [6, 6.07) is 1.02. The molecule has 0 radical (unpaired) electrons. The van der Waals surface area contributed by atoms with Gasteiger partial charge in [0.1, 0.15) is 5.76 Å². The first-order valence-electron chi connectivity index (χ1n) is 4.61. The molecule has 0 bridgehead atoms. The van der Waals surface area contributed by atoms with E-state index in [1.54, 1.807) is 0 Å². The van der Waals surface area contributed by atoms with Gasteiger partial charge in [-0.2, -0.15) is 13.2 Å². The maximum Gasteiger partial charge on any atom is 0.436 e. The van der Waals surface area contributed by atoms with Gasteiger partial charge in [0.15, 0.2) is 5.69 Å². The normalized spacial score (nSPS) is 19.1. The molecular formula is C9H10F3NO. The molecule has 1 heterocycles. The van der Waals surface area contributed by atoms with E-state index in [0.717, 1.165) is 31.7 Å². The van der Waals surface area contributed by atoms with Gasteiger partial charge in [-0.1, -0.05) is 18.0 Å². The minimum atomic E-state index is -4.39. The Hall–Kier alpha value is -1.00. The van der Waals surface area contributed by atoms with Crippen molar-refractivity contribution in [2.45, 2.75) is 37.8 Å². The molecule has 0 saturated heterocycles. The van der Waals surface area contributed by atoms with Gasteiger partial charge in [0.25, 0.3) is 0 Å². The molecule has 1 aromatic heterocycles. The summed E-state index contributed by atoms with van der Waals surface area (Å²) in [7, 11) is 0. The van der Waals surface area contributed by atoms with Gasteiger partial charge < -0.3 is 4.52 Å². The van der Waals surface area contributed by atoms with Gasteiger partial charge in [-0.15, -0.1) is 0 Å². The summed E-state index contributed by atoms with van der Waals surface area (Å²) in [4.78, 5) is 0. The van der Waals surface area contributed by atoms with Crippen LogP contribution in [0.3, 0.4) is 0 Å². The lowest BCUT2D eigenvalue weighted by molar-refractivity contribution is -0.142. The molecule has 1 fully saturated rings. The third-order valence-corrected chi connectivity index (χ3v) is 2.58. The molecule has 0 N–H and O–H groups in total. The predicted molar refractivity (Wildman–Crippen MR) is 42.7 cm³/mol. The fourth-order valence-electron chi connectivity index (χ4n) is 1.83. The van der Waals surface area contributed by atoms with Gasteiger partial charge >= 0.3 is 6.18 Å². The molecule has 0 aromatic carbocycles. The van der Waals surface area contributed by atoms with Crippen molar-refractivity contribution in [2.75, 3.05) is 0 Å². The second-order valence-corrected chi connectivity index (χ2v) is 3.59. The smallest absolute Gasteiger partial charge is 0.361 e. The van der Waals surface area contributed by atoms with E-state index in [9.17, 15) is 13.2 Å². The molecule has 2 rings (SSSR count). The molecule has 0 aliphatic heterocycles. The minimum Gasteiger partial charge on any atom is -0.361 e. The molecule has 1 aliphatic carbocycles. The van der Waals surface area contributed by atoms with Gasteiger partial charge in [0.2, 0.25) is 0 Å². The SMILES string of the molecule is FC(F)(F)c1cc(C2CCCC2)on1. The molecule has 0 unspecified atom stereocenters. The quantitative estimate of drug-likeness (QED) is 0.702. The Morgan fingerprint density at radius 3 is 2.43 bits per heavy atom. The molecular weight excluding hydrogens is 195 g/mol. The van der Waals surface area contributed by atoms with E-state index in [0.29, 0.717) is 5.76 Å². The molecule has 2 nitrogen and oxygen atoms in total. The van der Waals surface area contributed by atoms with Crippen LogP contribution in [0.1, 0.15) is 43.1 Å². The Morgan fingerprint density at radius 1 is 1.29 bits per heavy atom. The van der Waals surface area contributed by atoms with Gasteiger partial charge in [-0.25, -0.2) is 0 Å². The third-order valence-electron chi connectivity index (χ3n) is 2.58. The molecule has 14 heavy (non-hydrogen) atoms. The van der Waals surface area contributed by atoms with Crippen molar-refractivity contribution in [3.8, 4) is 0 Å². The van der Waals surface area contributed by atoms with Crippen molar-refractivity contribution in [3.05, 3.63) is 17.5 Å². The number of nitrogens with zero attached hydrogens (tertiary/aromatic N) is 1. The van der Waals surface area contributed by atoms with Crippen molar-refractivity contribution in [2.24, 2.45) is 0 Å². The van der Waals surface area contributed by atoms with Crippen LogP contribution in [0.15, 0.2) is 10.6 Å². The Balaban J connectivity index is 2.17. The molecule has 1 aromatic rings. The maximum atomic E-state index is 12.2. The average Bonchev–Trinajstić information content (AvgIpc) is 2.73. The average molecular weight is 205 g/mol. The van der Waals surface area contributed by atoms with E-state index in [-0.39, 0.29) is 5.92 Å². The highest BCUT2D eigenvalue weighted by Crippen LogP contribution is 2.36. The molecule has 0 spiro atoms. The van der Waals surface area contributed by atoms with Crippen LogP contribution in [0.5, 0.6) is 0 Å². The third kappa shape index (κ3) is 1.76. The molecule has 1 saturated carbocycles. The largest absolute Gasteiger partial charge is 0.436 e. The summed E-state index contributed by atoms with van der Waals surface area (Å²) in [5, 5.41) is 3.03. The van der Waals surface area contributed by atoms with Crippen LogP contribution in [0.25, 0.3) is 0 Å². The van der Waals surface area contributed by atoms with Gasteiger partial charge in [0, 0.05) is 12.0 Å². The Morgan fingerprint density at radius 2 is 1.93 bits per heavy atom. The van der Waals surface area contributed by atoms with Gasteiger partial charge in [-0.05, 0) is 12.8 Å². The summed E-state index contributed by atoms with van der Waals surface area (Å²) < 4.78 is 41.2. The highest BCUT2D eigenvalue weighted by Gasteiger charge is 2.36. The highest BCUT2D eigenvalue weighted by molar-refractivity contribution is 5.13. The van der Waals surface area contributed by atoms with E-state index >= 15 is 0 Å². The van der Waals surface area contributed by atoms with E-state index in [2.05, 4.69) is 5.16 Å². The van der Waals surface area contributed by atoms with Crippen LogP contribution in [0.2, 0.25) is 0 Å². The first kappa shape index (κ1) is 9.55. The van der Waals surface area contributed by atoms with Crippen molar-refractivity contribution >= 4 is 0 Å². The number of rotatable bonds is 1. The van der Waals surface area contributed by atoms with Crippen molar-refractivity contribution in [3.63, 3.8) is 0 Å². The van der Waals surface area contributed by atoms with Crippen molar-refractivity contribution in [1.29, 1.82) is 0 Å². The summed E-state index contributed by atoms with van der Waals surface area (Å²) in [6.07, 6.45) is -0.446. The van der Waals surface area contributed by atoms with Crippen LogP contribution < -0.4 is 0 Å². The van der Waals surface area contributed by atoms with Gasteiger partial charge in [0.05, 0.1) is 0 Å². The van der Waals surface area contributed by atoms with E-state index in [1.807, 2.05) is 0 Å². The summed E-state index contributed by atoms with van der Waals surface area (Å²) >= 11 is 0. The topological polar surface area (TPSA) is 26.0 Å². The lowest BCUT2D eigenvalue weighted by Crippen LogP contribution is -2.04. The first-order chi connectivity index (χ1) is 6.57. The fourth-order valence-corrected chi connectivity index (χ4v) is 1.83. The van der Waals surface area contributed by atoms with Crippen molar-refractivity contribution in [1.82, 2.24) is 5.16 Å². The highest BCUT2D eigenvalue weighted by atomic mass is 19.4. The van der Waals surface area contributed by atoms with E-state index in [1.165, 1.54) is 0 Å². The Labute approximate surface area is 79.1 Å². The fraction of sp³-hybridized carbons (Fsp3) is 0.667. The predicted octanol–water partition coefficient (Wildman–Crippen LogP) is 3.35. The van der Waals surface area contributed by atoms with Crippen LogP contribution in [0.4, 0.5) is 13.2 Å². The second kappa shape index (κ2) is 3.29. The lowest BCUT2D eigenvalue weighted by atomic mass is 10.1.